The molecule has 1 aromatic carbocycles. The minimum Gasteiger partial charge on any atom is -0.270 e. The van der Waals surface area contributed by atoms with Crippen LogP contribution in [0.3, 0.4) is 0 Å². The average Bonchev–Trinajstić information content (AvgIpc) is 2.18. The van der Waals surface area contributed by atoms with Gasteiger partial charge in [-0.3, -0.25) is 4.79 Å². The van der Waals surface area contributed by atoms with E-state index < -0.39 is 0 Å². The van der Waals surface area contributed by atoms with E-state index in [4.69, 9.17) is 0 Å². The molecule has 66 valence electrons. The Bertz CT molecular complexity index is 371. The fourth-order valence-electron chi connectivity index (χ4n) is 1.57. The molecular weight excluding hydrogens is 164 g/mol. The molecule has 0 spiro atoms. The molecule has 1 aliphatic heterocycles. The van der Waals surface area contributed by atoms with Gasteiger partial charge in [-0.25, -0.2) is 0 Å². The molecule has 1 unspecified atom stereocenters. The molecule has 0 radical (unpaired) electrons. The number of benzene rings is 1. The number of fused-ring (bicyclic) bond motifs is 1. The van der Waals surface area contributed by atoms with E-state index in [9.17, 15) is 4.79 Å². The summed E-state index contributed by atoms with van der Waals surface area (Å²) in [6, 6.07) is 7.66. The number of hydrogen-bond donors (Lipinski definition) is 0. The van der Waals surface area contributed by atoms with Gasteiger partial charge in [-0.1, -0.05) is 25.1 Å². The average molecular weight is 174 g/mol. The highest BCUT2D eigenvalue weighted by atomic mass is 16.2. The number of nitrogens with zero attached hydrogens (tertiary/aromatic N) is 2. The molecule has 0 N–H and O–H groups in total. The monoisotopic (exact) mass is 174 g/mol. The summed E-state index contributed by atoms with van der Waals surface area (Å²) in [6.45, 7) is 1.99. The van der Waals surface area contributed by atoms with Crippen molar-refractivity contribution in [2.75, 3.05) is 0 Å². The van der Waals surface area contributed by atoms with Crippen LogP contribution in [0.4, 0.5) is 5.69 Å². The molecule has 1 aliphatic rings. The number of rotatable bonds is 1. The molecule has 0 saturated carbocycles. The van der Waals surface area contributed by atoms with Crippen molar-refractivity contribution in [3.63, 3.8) is 0 Å². The molecule has 0 fully saturated rings. The molecule has 3 nitrogen and oxygen atoms in total. The van der Waals surface area contributed by atoms with Crippen LogP contribution in [0.25, 0.3) is 0 Å². The quantitative estimate of drug-likeness (QED) is 0.645. The van der Waals surface area contributed by atoms with E-state index in [2.05, 4.69) is 10.2 Å². The standard InChI is InChI=1S/C10H10N2O/c1-2-7-8-5-3-4-6-9(8)11-12-10(7)13/h3-7H,2H2,1H3. The summed E-state index contributed by atoms with van der Waals surface area (Å²) < 4.78 is 0. The minimum atomic E-state index is -0.124. The van der Waals surface area contributed by atoms with E-state index in [-0.39, 0.29) is 11.8 Å². The molecule has 0 saturated heterocycles. The lowest BCUT2D eigenvalue weighted by molar-refractivity contribution is -0.120. The first-order valence-electron chi connectivity index (χ1n) is 4.37. The summed E-state index contributed by atoms with van der Waals surface area (Å²) in [7, 11) is 0. The van der Waals surface area contributed by atoms with Crippen LogP contribution in [0.1, 0.15) is 24.8 Å². The van der Waals surface area contributed by atoms with Gasteiger partial charge in [-0.05, 0) is 18.1 Å². The van der Waals surface area contributed by atoms with Gasteiger partial charge in [0.2, 0.25) is 0 Å². The third kappa shape index (κ3) is 1.26. The van der Waals surface area contributed by atoms with Crippen molar-refractivity contribution >= 4 is 11.6 Å². The van der Waals surface area contributed by atoms with E-state index in [0.29, 0.717) is 0 Å². The summed E-state index contributed by atoms with van der Waals surface area (Å²) in [6.07, 6.45) is 0.787. The Balaban J connectivity index is 2.53. The number of hydrogen-bond acceptors (Lipinski definition) is 2. The third-order valence-electron chi connectivity index (χ3n) is 2.27. The van der Waals surface area contributed by atoms with Gasteiger partial charge in [0.15, 0.2) is 0 Å². The predicted molar refractivity (Wildman–Crippen MR) is 49.0 cm³/mol. The Morgan fingerprint density at radius 3 is 2.85 bits per heavy atom. The molecule has 3 heteroatoms. The topological polar surface area (TPSA) is 41.8 Å². The number of amides is 1. The van der Waals surface area contributed by atoms with Gasteiger partial charge in [-0.2, -0.15) is 0 Å². The Hall–Kier alpha value is -1.51. The predicted octanol–water partition coefficient (Wildman–Crippen LogP) is 2.80. The fraction of sp³-hybridized carbons (Fsp3) is 0.300. The SMILES string of the molecule is CCC1C(=O)N=Nc2ccccc21. The van der Waals surface area contributed by atoms with Crippen molar-refractivity contribution < 1.29 is 4.79 Å². The number of carbonyl (C=O) groups excluding carboxylic acids is 1. The van der Waals surface area contributed by atoms with Crippen LogP contribution in [0.2, 0.25) is 0 Å². The summed E-state index contributed by atoms with van der Waals surface area (Å²) >= 11 is 0. The zero-order valence-corrected chi connectivity index (χ0v) is 7.40. The molecular formula is C10H10N2O. The molecule has 1 amide bonds. The van der Waals surface area contributed by atoms with Gasteiger partial charge < -0.3 is 0 Å². The van der Waals surface area contributed by atoms with Crippen LogP contribution < -0.4 is 0 Å². The second kappa shape index (κ2) is 3.09. The van der Waals surface area contributed by atoms with Crippen LogP contribution in [0.15, 0.2) is 34.5 Å². The first-order valence-corrected chi connectivity index (χ1v) is 4.37. The molecule has 0 bridgehead atoms. The summed E-state index contributed by atoms with van der Waals surface area (Å²) in [4.78, 5) is 11.3. The first kappa shape index (κ1) is 8.10. The molecule has 0 aliphatic carbocycles. The van der Waals surface area contributed by atoms with Gasteiger partial charge >= 0.3 is 0 Å². The highest BCUT2D eigenvalue weighted by molar-refractivity contribution is 5.87. The van der Waals surface area contributed by atoms with E-state index in [1.807, 2.05) is 31.2 Å². The van der Waals surface area contributed by atoms with Crippen molar-refractivity contribution in [1.29, 1.82) is 0 Å². The molecule has 1 aromatic rings. The Kier molecular flexibility index (Phi) is 1.93. The van der Waals surface area contributed by atoms with E-state index >= 15 is 0 Å². The normalized spacial score (nSPS) is 20.1. The lowest BCUT2D eigenvalue weighted by Gasteiger charge is -2.16. The first-order chi connectivity index (χ1) is 6.33. The van der Waals surface area contributed by atoms with Gasteiger partial charge in [0.1, 0.15) is 0 Å². The van der Waals surface area contributed by atoms with Crippen molar-refractivity contribution in [3.8, 4) is 0 Å². The Morgan fingerprint density at radius 2 is 2.08 bits per heavy atom. The lowest BCUT2D eigenvalue weighted by Crippen LogP contribution is -2.11. The Labute approximate surface area is 76.5 Å². The highest BCUT2D eigenvalue weighted by Gasteiger charge is 2.24. The van der Waals surface area contributed by atoms with Crippen molar-refractivity contribution in [2.45, 2.75) is 19.3 Å². The zero-order chi connectivity index (χ0) is 9.26. The van der Waals surface area contributed by atoms with Gasteiger partial charge in [0.25, 0.3) is 5.91 Å². The summed E-state index contributed by atoms with van der Waals surface area (Å²) in [5, 5.41) is 7.46. The smallest absolute Gasteiger partial charge is 0.270 e. The number of azo groups is 1. The van der Waals surface area contributed by atoms with E-state index in [1.54, 1.807) is 0 Å². The van der Waals surface area contributed by atoms with Crippen molar-refractivity contribution in [2.24, 2.45) is 10.2 Å². The van der Waals surface area contributed by atoms with Crippen molar-refractivity contribution in [1.82, 2.24) is 0 Å². The third-order valence-corrected chi connectivity index (χ3v) is 2.27. The van der Waals surface area contributed by atoms with Crippen molar-refractivity contribution in [3.05, 3.63) is 29.8 Å². The maximum absolute atomic E-state index is 11.3. The maximum atomic E-state index is 11.3. The highest BCUT2D eigenvalue weighted by Crippen LogP contribution is 2.33. The van der Waals surface area contributed by atoms with E-state index in [0.717, 1.165) is 17.7 Å². The van der Waals surface area contributed by atoms with Crippen LogP contribution >= 0.6 is 0 Å². The molecule has 1 atom stereocenters. The van der Waals surface area contributed by atoms with Gasteiger partial charge in [-0.15, -0.1) is 10.2 Å². The van der Waals surface area contributed by atoms with Crippen LogP contribution in [0.5, 0.6) is 0 Å². The zero-order valence-electron chi connectivity index (χ0n) is 7.40. The lowest BCUT2D eigenvalue weighted by atomic mass is 9.93. The molecule has 13 heavy (non-hydrogen) atoms. The molecule has 1 heterocycles. The number of carbonyl (C=O) groups is 1. The largest absolute Gasteiger partial charge is 0.272 e. The van der Waals surface area contributed by atoms with Gasteiger partial charge in [0, 0.05) is 0 Å². The van der Waals surface area contributed by atoms with Crippen LogP contribution in [-0.2, 0) is 4.79 Å². The summed E-state index contributed by atoms with van der Waals surface area (Å²) in [5.41, 5.74) is 1.83. The summed E-state index contributed by atoms with van der Waals surface area (Å²) in [5.74, 6) is -0.213. The van der Waals surface area contributed by atoms with Crippen LogP contribution in [-0.4, -0.2) is 5.91 Å². The maximum Gasteiger partial charge on any atom is 0.272 e. The molecule has 2 rings (SSSR count). The second-order valence-corrected chi connectivity index (χ2v) is 3.06. The second-order valence-electron chi connectivity index (χ2n) is 3.06. The molecule has 0 aromatic heterocycles. The van der Waals surface area contributed by atoms with Gasteiger partial charge in [0.05, 0.1) is 11.6 Å². The fourth-order valence-corrected chi connectivity index (χ4v) is 1.57. The Morgan fingerprint density at radius 1 is 1.31 bits per heavy atom. The van der Waals surface area contributed by atoms with Crippen LogP contribution in [0, 0.1) is 0 Å². The van der Waals surface area contributed by atoms with E-state index in [1.165, 1.54) is 0 Å². The minimum absolute atomic E-state index is 0.0892.